The van der Waals surface area contributed by atoms with Gasteiger partial charge in [0.2, 0.25) is 0 Å². The van der Waals surface area contributed by atoms with Gasteiger partial charge in [0.05, 0.1) is 19.9 Å². The summed E-state index contributed by atoms with van der Waals surface area (Å²) in [7, 11) is 3.14. The number of ether oxygens (including phenoxy) is 3. The number of aromatic nitrogens is 1. The molecule has 1 aromatic carbocycles. The maximum atomic E-state index is 12.6. The molecule has 1 saturated carbocycles. The monoisotopic (exact) mass is 418 g/mol. The topological polar surface area (TPSA) is 86.8 Å². The van der Waals surface area contributed by atoms with Gasteiger partial charge in [0, 0.05) is 11.6 Å². The number of carbonyl (C=O) groups excluding carboxylic acids is 2. The number of nitrogens with zero attached hydrogens (tertiary/aromatic N) is 1. The summed E-state index contributed by atoms with van der Waals surface area (Å²) < 4.78 is 16.0. The van der Waals surface area contributed by atoms with E-state index in [0.717, 1.165) is 31.2 Å². The summed E-state index contributed by atoms with van der Waals surface area (Å²) in [4.78, 5) is 29.8. The average Bonchev–Trinajstić information content (AvgIpc) is 3.36. The number of hydrogen-bond acceptors (Lipinski definition) is 7. The van der Waals surface area contributed by atoms with Gasteiger partial charge in [-0.1, -0.05) is 12.8 Å². The lowest BCUT2D eigenvalue weighted by Crippen LogP contribution is -2.40. The van der Waals surface area contributed by atoms with Crippen LogP contribution in [-0.2, 0) is 9.53 Å². The molecule has 1 amide bonds. The number of carbonyl (C=O) groups is 2. The first-order chi connectivity index (χ1) is 13.9. The minimum Gasteiger partial charge on any atom is -0.493 e. The van der Waals surface area contributed by atoms with Gasteiger partial charge in [-0.3, -0.25) is 4.79 Å². The van der Waals surface area contributed by atoms with Crippen LogP contribution in [0.1, 0.15) is 48.0 Å². The summed E-state index contributed by atoms with van der Waals surface area (Å²) in [6.45, 7) is 3.34. The second-order valence-corrected chi connectivity index (χ2v) is 8.04. The summed E-state index contributed by atoms with van der Waals surface area (Å²) in [5, 5.41) is 3.62. The minimum absolute atomic E-state index is 0.186. The Labute approximate surface area is 174 Å². The van der Waals surface area contributed by atoms with Crippen molar-refractivity contribution in [1.82, 2.24) is 10.3 Å². The van der Waals surface area contributed by atoms with Gasteiger partial charge in [0.25, 0.3) is 5.91 Å². The van der Waals surface area contributed by atoms with E-state index < -0.39 is 12.1 Å². The number of methoxy groups -OCH3 is 2. The molecule has 29 heavy (non-hydrogen) atoms. The van der Waals surface area contributed by atoms with Gasteiger partial charge in [-0.2, -0.15) is 0 Å². The average molecular weight is 419 g/mol. The number of amides is 1. The molecular formula is C21H26N2O5S. The SMILES string of the molecule is COc1ccc(-c2nc(C)c(C(=O)OC(C)C(=O)NC3CCCC3)s2)cc1OC. The molecule has 7 nitrogen and oxygen atoms in total. The van der Waals surface area contributed by atoms with Crippen molar-refractivity contribution in [2.24, 2.45) is 0 Å². The predicted molar refractivity (Wildman–Crippen MR) is 111 cm³/mol. The van der Waals surface area contributed by atoms with Crippen LogP contribution in [-0.4, -0.2) is 43.2 Å². The molecule has 1 fully saturated rings. The summed E-state index contributed by atoms with van der Waals surface area (Å²) >= 11 is 1.23. The number of hydrogen-bond donors (Lipinski definition) is 1. The second-order valence-electron chi connectivity index (χ2n) is 7.04. The third-order valence-electron chi connectivity index (χ3n) is 4.97. The van der Waals surface area contributed by atoms with Gasteiger partial charge >= 0.3 is 5.97 Å². The first-order valence-electron chi connectivity index (χ1n) is 9.64. The van der Waals surface area contributed by atoms with Crippen LogP contribution < -0.4 is 14.8 Å². The Kier molecular flexibility index (Phi) is 6.74. The largest absolute Gasteiger partial charge is 0.493 e. The molecule has 0 radical (unpaired) electrons. The third kappa shape index (κ3) is 4.87. The van der Waals surface area contributed by atoms with Crippen molar-refractivity contribution in [3.63, 3.8) is 0 Å². The number of aryl methyl sites for hydroxylation is 1. The Bertz CT molecular complexity index is 889. The number of thiazole rings is 1. The zero-order valence-electron chi connectivity index (χ0n) is 17.1. The van der Waals surface area contributed by atoms with Gasteiger partial charge < -0.3 is 19.5 Å². The van der Waals surface area contributed by atoms with Crippen LogP contribution in [0, 0.1) is 6.92 Å². The predicted octanol–water partition coefficient (Wildman–Crippen LogP) is 3.74. The number of nitrogens with one attached hydrogen (secondary N) is 1. The molecule has 1 aliphatic carbocycles. The zero-order valence-corrected chi connectivity index (χ0v) is 17.9. The molecule has 0 spiro atoms. The van der Waals surface area contributed by atoms with E-state index in [1.165, 1.54) is 11.3 Å². The fraction of sp³-hybridized carbons (Fsp3) is 0.476. The maximum Gasteiger partial charge on any atom is 0.351 e. The van der Waals surface area contributed by atoms with E-state index in [-0.39, 0.29) is 11.9 Å². The van der Waals surface area contributed by atoms with Gasteiger partial charge in [-0.15, -0.1) is 11.3 Å². The van der Waals surface area contributed by atoms with E-state index >= 15 is 0 Å². The summed E-state index contributed by atoms with van der Waals surface area (Å²) in [5.41, 5.74) is 1.37. The van der Waals surface area contributed by atoms with Crippen molar-refractivity contribution in [3.8, 4) is 22.1 Å². The molecule has 1 unspecified atom stereocenters. The van der Waals surface area contributed by atoms with Gasteiger partial charge in [0.1, 0.15) is 9.88 Å². The first-order valence-corrected chi connectivity index (χ1v) is 10.5. The molecule has 0 bridgehead atoms. The van der Waals surface area contributed by atoms with E-state index in [4.69, 9.17) is 14.2 Å². The van der Waals surface area contributed by atoms with Crippen LogP contribution in [0.2, 0.25) is 0 Å². The molecule has 1 aromatic heterocycles. The normalized spacial score (nSPS) is 15.0. The molecule has 0 saturated heterocycles. The van der Waals surface area contributed by atoms with Gasteiger partial charge in [-0.05, 0) is 44.9 Å². The highest BCUT2D eigenvalue weighted by Crippen LogP contribution is 2.35. The van der Waals surface area contributed by atoms with E-state index in [9.17, 15) is 9.59 Å². The van der Waals surface area contributed by atoms with Crippen molar-refractivity contribution in [3.05, 3.63) is 28.8 Å². The first kappa shape index (κ1) is 21.1. The molecular weight excluding hydrogens is 392 g/mol. The lowest BCUT2D eigenvalue weighted by Gasteiger charge is -2.16. The smallest absolute Gasteiger partial charge is 0.351 e. The highest BCUT2D eigenvalue weighted by Gasteiger charge is 2.25. The minimum atomic E-state index is -0.853. The Morgan fingerprint density at radius 2 is 1.86 bits per heavy atom. The van der Waals surface area contributed by atoms with Crippen LogP contribution in [0.4, 0.5) is 0 Å². The van der Waals surface area contributed by atoms with Crippen molar-refractivity contribution in [2.75, 3.05) is 14.2 Å². The highest BCUT2D eigenvalue weighted by atomic mass is 32.1. The molecule has 2 aromatic rings. The summed E-state index contributed by atoms with van der Waals surface area (Å²) in [6.07, 6.45) is 3.36. The van der Waals surface area contributed by atoms with Crippen LogP contribution in [0.5, 0.6) is 11.5 Å². The Hall–Kier alpha value is -2.61. The summed E-state index contributed by atoms with van der Waals surface area (Å²) in [5.74, 6) is 0.402. The highest BCUT2D eigenvalue weighted by molar-refractivity contribution is 7.17. The molecule has 1 heterocycles. The molecule has 156 valence electrons. The van der Waals surface area contributed by atoms with Crippen molar-refractivity contribution < 1.29 is 23.8 Å². The fourth-order valence-corrected chi connectivity index (χ4v) is 4.28. The second kappa shape index (κ2) is 9.26. The number of benzene rings is 1. The van der Waals surface area contributed by atoms with Crippen LogP contribution >= 0.6 is 11.3 Å². The molecule has 1 aliphatic rings. The lowest BCUT2D eigenvalue weighted by molar-refractivity contribution is -0.129. The third-order valence-corrected chi connectivity index (χ3v) is 6.15. The van der Waals surface area contributed by atoms with Crippen molar-refractivity contribution in [1.29, 1.82) is 0 Å². The summed E-state index contributed by atoms with van der Waals surface area (Å²) in [6, 6.07) is 5.64. The van der Waals surface area contributed by atoms with E-state index in [2.05, 4.69) is 10.3 Å². The molecule has 3 rings (SSSR count). The van der Waals surface area contributed by atoms with E-state index in [1.54, 1.807) is 34.1 Å². The van der Waals surface area contributed by atoms with Crippen LogP contribution in [0.25, 0.3) is 10.6 Å². The Morgan fingerprint density at radius 3 is 2.52 bits per heavy atom. The zero-order chi connectivity index (χ0) is 21.0. The van der Waals surface area contributed by atoms with Crippen LogP contribution in [0.3, 0.4) is 0 Å². The Morgan fingerprint density at radius 1 is 1.17 bits per heavy atom. The molecule has 8 heteroatoms. The van der Waals surface area contributed by atoms with Crippen LogP contribution in [0.15, 0.2) is 18.2 Å². The molecule has 1 atom stereocenters. The lowest BCUT2D eigenvalue weighted by atomic mass is 10.2. The fourth-order valence-electron chi connectivity index (χ4n) is 3.33. The number of rotatable bonds is 7. The van der Waals surface area contributed by atoms with Crippen molar-refractivity contribution in [2.45, 2.75) is 51.7 Å². The molecule has 0 aliphatic heterocycles. The molecule has 1 N–H and O–H groups in total. The quantitative estimate of drug-likeness (QED) is 0.690. The number of esters is 1. The van der Waals surface area contributed by atoms with Crippen molar-refractivity contribution >= 4 is 23.2 Å². The maximum absolute atomic E-state index is 12.6. The van der Waals surface area contributed by atoms with Gasteiger partial charge in [-0.25, -0.2) is 9.78 Å². The Balaban J connectivity index is 1.70. The van der Waals surface area contributed by atoms with E-state index in [0.29, 0.717) is 27.1 Å². The van der Waals surface area contributed by atoms with E-state index in [1.807, 2.05) is 12.1 Å². The standard InChI is InChI=1S/C21H26N2O5S/c1-12-18(21(25)28-13(2)19(24)23-15-7-5-6-8-15)29-20(22-12)14-9-10-16(26-3)17(11-14)27-4/h9-11,13,15H,5-8H2,1-4H3,(H,23,24). The van der Waals surface area contributed by atoms with Gasteiger partial charge in [0.15, 0.2) is 17.6 Å².